The molecule has 0 unspecified atom stereocenters. The van der Waals surface area contributed by atoms with Crippen molar-refractivity contribution in [2.24, 2.45) is 22.7 Å². The number of pyridine rings is 2. The van der Waals surface area contributed by atoms with Gasteiger partial charge in [-0.2, -0.15) is 6.92 Å². The maximum atomic E-state index is 14.5. The van der Waals surface area contributed by atoms with Gasteiger partial charge >= 0.3 is 59.7 Å². The van der Waals surface area contributed by atoms with E-state index < -0.39 is 118 Å². The number of carbonyl (C=O) groups excluding carboxylic acids is 10. The van der Waals surface area contributed by atoms with Crippen molar-refractivity contribution in [1.29, 1.82) is 0 Å². The van der Waals surface area contributed by atoms with Gasteiger partial charge < -0.3 is 83.5 Å². The molecular weight excluding hydrogens is 1330 g/mol. The van der Waals surface area contributed by atoms with E-state index >= 15 is 0 Å². The van der Waals surface area contributed by atoms with Gasteiger partial charge in [-0.25, -0.2) is 29.0 Å². The number of aryl methyl sites for hydroxylation is 2. The minimum Gasteiger partial charge on any atom is -0.496 e. The van der Waals surface area contributed by atoms with Gasteiger partial charge in [0.05, 0.1) is 59.7 Å². The maximum absolute atomic E-state index is 14.5. The van der Waals surface area contributed by atoms with Crippen molar-refractivity contribution in [3.63, 3.8) is 0 Å². The summed E-state index contributed by atoms with van der Waals surface area (Å²) in [6.07, 6.45) is 7.45. The normalized spacial score (nSPS) is 23.5. The Labute approximate surface area is 616 Å². The second-order valence-corrected chi connectivity index (χ2v) is 29.0. The Morgan fingerprint density at radius 1 is 0.559 bits per heavy atom. The number of ketones is 1. The van der Waals surface area contributed by atoms with E-state index in [2.05, 4.69) is 51.3 Å². The standard InChI is InChI=1S/C37H48N4O10.C37H47N4O9.Na/c1-9-21-18-37(21,34(45)49-8)40-31(42)26-16-23(19-41(26)32(43)30(36(3,4)5)39-35(46)51-22-12-10-11-13-22)50-28-17-25(33(44)48-7)38-29-20(2)27(47-6)15-14-24(28)29;1-9-22-18-37(22,34(45)48-8)40-32(43)27-16-24(49-29-17-26(21(3)42)38-30-20(2)28(47-7)15-14-25(29)30)19-41(27)33(44)31(36(4,5)6)39-35(46)50-23-12-10-11-13-23;/h9,14-15,17,21-23,26,30H,1,10-13,16,18-19H2,2-8H3,(H,39,46)(H,40,42);9,14-15,17,22-24,27,31H,1,3,10-13,16,18-19H2,2,4-8H3,(H,39,46)(H,40,43);/q;-1;+1/t21-,23-,26+,30-,37-;22-,24-,27+,31-,37-;/m11./s1. The van der Waals surface area contributed by atoms with Crippen LogP contribution in [-0.4, -0.2) is 188 Å². The van der Waals surface area contributed by atoms with Crippen molar-refractivity contribution < 1.29 is 120 Å². The Morgan fingerprint density at radius 2 is 0.931 bits per heavy atom. The Morgan fingerprint density at radius 3 is 1.25 bits per heavy atom. The van der Waals surface area contributed by atoms with E-state index in [0.29, 0.717) is 63.0 Å². The molecule has 0 bridgehead atoms. The minimum absolute atomic E-state index is 0. The van der Waals surface area contributed by atoms with Crippen LogP contribution in [0.2, 0.25) is 0 Å². The first-order valence-corrected chi connectivity index (χ1v) is 34.2. The molecule has 2 saturated heterocycles. The van der Waals surface area contributed by atoms with Crippen molar-refractivity contribution in [3.8, 4) is 23.0 Å². The molecule has 2 aliphatic heterocycles. The second-order valence-electron chi connectivity index (χ2n) is 29.0. The van der Waals surface area contributed by atoms with Crippen LogP contribution in [0.25, 0.3) is 21.8 Å². The summed E-state index contributed by atoms with van der Waals surface area (Å²) in [4.78, 5) is 146. The molecule has 27 nitrogen and oxygen atoms in total. The number of Topliss-reactive ketones (excluding diaryl/α,β-unsaturated/α-hetero) is 1. The third-order valence-electron chi connectivity index (χ3n) is 20.0. The van der Waals surface area contributed by atoms with E-state index in [1.165, 1.54) is 57.5 Å². The number of aromatic nitrogens is 2. The summed E-state index contributed by atoms with van der Waals surface area (Å²) in [5.41, 5.74) is -1.78. The van der Waals surface area contributed by atoms with Crippen LogP contribution in [0.1, 0.15) is 151 Å². The van der Waals surface area contributed by atoms with Gasteiger partial charge in [-0.05, 0) is 119 Å². The van der Waals surface area contributed by atoms with Gasteiger partial charge in [-0.1, -0.05) is 59.8 Å². The van der Waals surface area contributed by atoms with Gasteiger partial charge in [0.2, 0.25) is 23.6 Å². The topological polar surface area (TPSA) is 334 Å². The zero-order valence-electron chi connectivity index (χ0n) is 61.0. The number of hydrogen-bond acceptors (Lipinski definition) is 21. The Bertz CT molecular complexity index is 3920. The van der Waals surface area contributed by atoms with Crippen LogP contribution >= 0.6 is 0 Å². The van der Waals surface area contributed by atoms with Crippen LogP contribution in [0.3, 0.4) is 0 Å². The van der Waals surface area contributed by atoms with Crippen LogP contribution in [0.5, 0.6) is 23.0 Å². The molecule has 6 fully saturated rings. The Hall–Kier alpha value is -8.69. The first-order valence-electron chi connectivity index (χ1n) is 34.2. The van der Waals surface area contributed by atoms with Gasteiger partial charge in [0, 0.05) is 58.4 Å². The molecule has 4 aromatic rings. The number of alkyl carbamates (subject to hydrolysis) is 2. The number of hydrogen-bond donors (Lipinski definition) is 4. The summed E-state index contributed by atoms with van der Waals surface area (Å²) >= 11 is 0. The van der Waals surface area contributed by atoms with Crippen LogP contribution in [-0.2, 0) is 52.5 Å². The molecule has 28 heteroatoms. The summed E-state index contributed by atoms with van der Waals surface area (Å²) in [5, 5.41) is 12.4. The number of esters is 3. The summed E-state index contributed by atoms with van der Waals surface area (Å²) in [7, 11) is 6.80. The zero-order valence-corrected chi connectivity index (χ0v) is 63.0. The van der Waals surface area contributed by atoms with Crippen molar-refractivity contribution in [3.05, 3.63) is 91.1 Å². The molecule has 10 atom stereocenters. The predicted molar refractivity (Wildman–Crippen MR) is 369 cm³/mol. The number of nitrogens with zero attached hydrogens (tertiary/aromatic N) is 4. The molecule has 0 spiro atoms. The van der Waals surface area contributed by atoms with Gasteiger partial charge in [-0.3, -0.25) is 19.2 Å². The first-order chi connectivity index (χ1) is 47.8. The average Bonchev–Trinajstić information content (AvgIpc) is 1.57. The second kappa shape index (κ2) is 32.3. The Kier molecular flexibility index (Phi) is 25.0. The molecule has 4 aliphatic carbocycles. The summed E-state index contributed by atoms with van der Waals surface area (Å²) in [6.45, 7) is 25.5. The molecule has 10 rings (SSSR count). The molecule has 0 radical (unpaired) electrons. The maximum Gasteiger partial charge on any atom is 1.00 e. The quantitative estimate of drug-likeness (QED) is 0.0195. The van der Waals surface area contributed by atoms with Gasteiger partial charge in [0.1, 0.15) is 82.7 Å². The number of likely N-dealkylation sites (tertiary alicyclic amines) is 2. The van der Waals surface area contributed by atoms with E-state index in [9.17, 15) is 47.9 Å². The molecule has 2 aromatic heterocycles. The fourth-order valence-electron chi connectivity index (χ4n) is 14.1. The van der Waals surface area contributed by atoms with Crippen molar-refractivity contribution in [2.45, 2.75) is 192 Å². The van der Waals surface area contributed by atoms with Crippen molar-refractivity contribution >= 4 is 81.3 Å². The first kappa shape index (κ1) is 79.0. The number of nitrogens with one attached hydrogen (secondary N) is 4. The number of ether oxygens (including phenoxy) is 9. The number of benzene rings is 2. The molecular formula is C74H95N8NaO19. The zero-order chi connectivity index (χ0) is 73.8. The molecule has 4 N–H and O–H groups in total. The van der Waals surface area contributed by atoms with E-state index in [-0.39, 0.29) is 96.7 Å². The summed E-state index contributed by atoms with van der Waals surface area (Å²) in [6, 6.07) is 5.69. The molecule has 4 heterocycles. The number of fused-ring (bicyclic) bond motifs is 2. The molecule has 6 amide bonds. The largest absolute Gasteiger partial charge is 1.00 e. The summed E-state index contributed by atoms with van der Waals surface area (Å²) in [5.74, 6) is -3.55. The van der Waals surface area contributed by atoms with Crippen LogP contribution in [0.15, 0.2) is 61.7 Å². The van der Waals surface area contributed by atoms with Gasteiger partial charge in [-0.15, -0.1) is 13.2 Å². The SMILES string of the molecule is C=C[C@@H]1C[C@]1(NC(=O)[C@@H]1C[C@@H](Oc2cc(C(=O)OC)nc3c(C)c(OC)ccc23)CN1C(=O)[C@@H](NC(=O)OC1CCCC1)C(C)(C)C)C(=O)OC.C=C[C@@H]1C[C@]1(NC(=O)[C@@H]1C[C@@H](Oc2cc(C([CH2-])=O)nc3c(C)c(OC)ccc23)CN1C(=O)[C@@H](NC(=O)OC1CCCC1)C(C)(C)C)C(=O)OC.[Na+]. The summed E-state index contributed by atoms with van der Waals surface area (Å²) < 4.78 is 50.2. The Balaban J connectivity index is 0.000000256. The smallest absolute Gasteiger partial charge is 0.496 e. The van der Waals surface area contributed by atoms with E-state index in [1.54, 1.807) is 43.3 Å². The van der Waals surface area contributed by atoms with Crippen LogP contribution in [0.4, 0.5) is 9.59 Å². The monoisotopic (exact) mass is 1420 g/mol. The minimum atomic E-state index is -1.30. The third kappa shape index (κ3) is 17.0. The number of carbonyl (C=O) groups is 10. The van der Waals surface area contributed by atoms with Crippen LogP contribution < -0.4 is 69.8 Å². The molecule has 546 valence electrons. The van der Waals surface area contributed by atoms with E-state index in [4.69, 9.17) is 42.6 Å². The van der Waals surface area contributed by atoms with Crippen molar-refractivity contribution in [1.82, 2.24) is 41.0 Å². The number of amides is 6. The molecule has 4 saturated carbocycles. The number of methoxy groups -OCH3 is 5. The van der Waals surface area contributed by atoms with Crippen LogP contribution in [0, 0.1) is 43.4 Å². The molecule has 2 aromatic carbocycles. The van der Waals surface area contributed by atoms with E-state index in [0.717, 1.165) is 51.4 Å². The fraction of sp³-hybridized carbons (Fsp3) is 0.554. The third-order valence-corrected chi connectivity index (χ3v) is 20.0. The van der Waals surface area contributed by atoms with Gasteiger partial charge in [0.25, 0.3) is 0 Å². The predicted octanol–water partition coefficient (Wildman–Crippen LogP) is 5.24. The van der Waals surface area contributed by atoms with Crippen molar-refractivity contribution in [2.75, 3.05) is 48.6 Å². The molecule has 102 heavy (non-hydrogen) atoms. The fourth-order valence-corrected chi connectivity index (χ4v) is 14.1. The van der Waals surface area contributed by atoms with E-state index in [1.807, 2.05) is 48.5 Å². The average molecular weight is 1420 g/mol. The number of rotatable bonds is 22. The molecule has 6 aliphatic rings. The van der Waals surface area contributed by atoms with Gasteiger partial charge in [0.15, 0.2) is 5.69 Å².